The third-order valence-electron chi connectivity index (χ3n) is 3.83. The summed E-state index contributed by atoms with van der Waals surface area (Å²) in [6.45, 7) is 10.7. The average Bonchev–Trinajstić information content (AvgIpc) is 2.36. The molecule has 0 saturated carbocycles. The van der Waals surface area contributed by atoms with Crippen LogP contribution in [-0.2, 0) is 19.3 Å². The minimum Gasteiger partial charge on any atom is -0.444 e. The van der Waals surface area contributed by atoms with Crippen molar-refractivity contribution in [1.82, 2.24) is 4.90 Å². The zero-order chi connectivity index (χ0) is 17.7. The molecule has 7 heteroatoms. The quantitative estimate of drug-likeness (QED) is 0.737. The normalized spacial score (nSPS) is 18.7. The molecular formula is C16H31NO5S. The number of likely N-dealkylation sites (tertiary alicyclic amines) is 1. The van der Waals surface area contributed by atoms with Crippen LogP contribution < -0.4 is 0 Å². The van der Waals surface area contributed by atoms with Gasteiger partial charge in [-0.2, -0.15) is 0 Å². The first-order valence-electron chi connectivity index (χ1n) is 8.29. The van der Waals surface area contributed by atoms with E-state index in [0.29, 0.717) is 32.4 Å². The molecule has 0 N–H and O–H groups in total. The summed E-state index contributed by atoms with van der Waals surface area (Å²) in [6, 6.07) is 0. The summed E-state index contributed by atoms with van der Waals surface area (Å²) in [5, 5.41) is 0. The zero-order valence-electron chi connectivity index (χ0n) is 15.1. The van der Waals surface area contributed by atoms with Gasteiger partial charge in [0, 0.05) is 18.8 Å². The predicted octanol–water partition coefficient (Wildman–Crippen LogP) is 2.62. The summed E-state index contributed by atoms with van der Waals surface area (Å²) in [4.78, 5) is 13.7. The van der Waals surface area contributed by atoms with Gasteiger partial charge in [0.2, 0.25) is 0 Å². The van der Waals surface area contributed by atoms with Gasteiger partial charge in [0.1, 0.15) is 5.60 Å². The van der Waals surface area contributed by atoms with E-state index in [2.05, 4.69) is 0 Å². The number of carbonyl (C=O) groups excluding carboxylic acids is 1. The monoisotopic (exact) mass is 349 g/mol. The highest BCUT2D eigenvalue weighted by molar-refractivity contribution is 7.91. The molecule has 1 aliphatic rings. The molecule has 1 saturated heterocycles. The number of amides is 1. The third-order valence-corrected chi connectivity index (χ3v) is 5.65. The molecule has 1 rings (SSSR count). The Morgan fingerprint density at radius 1 is 1.17 bits per heavy atom. The van der Waals surface area contributed by atoms with Crippen LogP contribution in [0.3, 0.4) is 0 Å². The number of nitrogens with zero attached hydrogens (tertiary/aromatic N) is 1. The second-order valence-corrected chi connectivity index (χ2v) is 9.72. The van der Waals surface area contributed by atoms with Gasteiger partial charge in [-0.1, -0.05) is 6.92 Å². The van der Waals surface area contributed by atoms with Crippen LogP contribution in [0.25, 0.3) is 0 Å². The fourth-order valence-corrected chi connectivity index (χ4v) is 3.62. The third kappa shape index (κ3) is 7.52. The summed E-state index contributed by atoms with van der Waals surface area (Å²) in [5.41, 5.74) is -0.873. The maximum Gasteiger partial charge on any atom is 0.410 e. The summed E-state index contributed by atoms with van der Waals surface area (Å²) >= 11 is 0. The first kappa shape index (κ1) is 20.2. The highest BCUT2D eigenvalue weighted by atomic mass is 32.2. The van der Waals surface area contributed by atoms with Gasteiger partial charge in [-0.15, -0.1) is 0 Å². The highest BCUT2D eigenvalue weighted by Gasteiger charge is 2.34. The Kier molecular flexibility index (Phi) is 6.89. The second-order valence-electron chi connectivity index (χ2n) is 7.42. The Morgan fingerprint density at radius 2 is 1.74 bits per heavy atom. The van der Waals surface area contributed by atoms with E-state index in [0.717, 1.165) is 0 Å². The Labute approximate surface area is 140 Å². The average molecular weight is 349 g/mol. The maximum atomic E-state index is 12.0. The number of ether oxygens (including phenoxy) is 2. The number of hydrogen-bond donors (Lipinski definition) is 0. The smallest absolute Gasteiger partial charge is 0.410 e. The lowest BCUT2D eigenvalue weighted by atomic mass is 9.93. The fraction of sp³-hybridized carbons (Fsp3) is 0.938. The van der Waals surface area contributed by atoms with Crippen molar-refractivity contribution in [1.29, 1.82) is 0 Å². The number of rotatable bonds is 6. The van der Waals surface area contributed by atoms with E-state index < -0.39 is 15.4 Å². The molecule has 1 amide bonds. The van der Waals surface area contributed by atoms with E-state index in [1.165, 1.54) is 0 Å². The first-order chi connectivity index (χ1) is 10.5. The van der Waals surface area contributed by atoms with Crippen LogP contribution in [-0.4, -0.2) is 61.8 Å². The second kappa shape index (κ2) is 7.83. The van der Waals surface area contributed by atoms with Crippen LogP contribution in [0, 0.1) is 0 Å². The van der Waals surface area contributed by atoms with E-state index in [1.54, 1.807) is 4.90 Å². The molecule has 1 heterocycles. The van der Waals surface area contributed by atoms with Crippen LogP contribution >= 0.6 is 0 Å². The Hall–Kier alpha value is -0.820. The van der Waals surface area contributed by atoms with Crippen LogP contribution in [0.15, 0.2) is 0 Å². The molecule has 0 aromatic heterocycles. The van der Waals surface area contributed by atoms with Crippen LogP contribution in [0.1, 0.15) is 53.9 Å². The molecular weight excluding hydrogens is 318 g/mol. The number of sulfone groups is 1. The molecule has 0 unspecified atom stereocenters. The lowest BCUT2D eigenvalue weighted by Gasteiger charge is -2.39. The van der Waals surface area contributed by atoms with Gasteiger partial charge in [0.25, 0.3) is 0 Å². The van der Waals surface area contributed by atoms with Crippen molar-refractivity contribution >= 4 is 15.9 Å². The molecule has 0 atom stereocenters. The minimum atomic E-state index is -3.01. The van der Waals surface area contributed by atoms with Crippen molar-refractivity contribution in [2.75, 3.05) is 31.2 Å². The summed E-state index contributed by atoms with van der Waals surface area (Å²) < 4.78 is 34.6. The molecule has 1 aliphatic heterocycles. The maximum absolute atomic E-state index is 12.0. The molecule has 0 aliphatic carbocycles. The number of hydrogen-bond acceptors (Lipinski definition) is 5. The first-order valence-corrected chi connectivity index (χ1v) is 10.1. The molecule has 0 aromatic rings. The number of carbonyl (C=O) groups is 1. The summed E-state index contributed by atoms with van der Waals surface area (Å²) in [7, 11) is -3.01. The van der Waals surface area contributed by atoms with Crippen LogP contribution in [0.4, 0.5) is 4.79 Å². The predicted molar refractivity (Wildman–Crippen MR) is 90.3 cm³/mol. The topological polar surface area (TPSA) is 72.9 Å². The van der Waals surface area contributed by atoms with Crippen LogP contribution in [0.5, 0.6) is 0 Å². The van der Waals surface area contributed by atoms with Gasteiger partial charge in [0.15, 0.2) is 9.84 Å². The Morgan fingerprint density at radius 3 is 2.22 bits per heavy atom. The summed E-state index contributed by atoms with van der Waals surface area (Å²) in [6.07, 6.45) is 1.69. The van der Waals surface area contributed by atoms with Crippen molar-refractivity contribution < 1.29 is 22.7 Å². The van der Waals surface area contributed by atoms with Gasteiger partial charge < -0.3 is 14.4 Å². The van der Waals surface area contributed by atoms with Gasteiger partial charge in [-0.25, -0.2) is 13.2 Å². The Bertz CT molecular complexity index is 487. The van der Waals surface area contributed by atoms with E-state index in [1.807, 2.05) is 34.6 Å². The lowest BCUT2D eigenvalue weighted by molar-refractivity contribution is -0.0669. The van der Waals surface area contributed by atoms with E-state index in [-0.39, 0.29) is 29.8 Å². The molecule has 6 nitrogen and oxygen atoms in total. The Balaban J connectivity index is 2.40. The fourth-order valence-electron chi connectivity index (χ4n) is 2.46. The highest BCUT2D eigenvalue weighted by Crippen LogP contribution is 2.26. The van der Waals surface area contributed by atoms with E-state index in [9.17, 15) is 13.2 Å². The SMILES string of the molecule is CCCS(=O)(=O)CCOC1(C)CCN(C(=O)OC(C)(C)C)CC1. The minimum absolute atomic E-state index is 0.0617. The summed E-state index contributed by atoms with van der Waals surface area (Å²) in [5.74, 6) is 0.270. The van der Waals surface area contributed by atoms with E-state index >= 15 is 0 Å². The molecule has 0 spiro atoms. The largest absolute Gasteiger partial charge is 0.444 e. The molecule has 0 bridgehead atoms. The van der Waals surface area contributed by atoms with Crippen molar-refractivity contribution in [3.63, 3.8) is 0 Å². The van der Waals surface area contributed by atoms with Gasteiger partial charge in [-0.05, 0) is 47.0 Å². The molecule has 1 fully saturated rings. The van der Waals surface area contributed by atoms with Gasteiger partial charge in [-0.3, -0.25) is 0 Å². The van der Waals surface area contributed by atoms with Gasteiger partial charge >= 0.3 is 6.09 Å². The standard InChI is InChI=1S/C16H31NO5S/c1-6-12-23(19,20)13-11-21-16(5)7-9-17(10-8-16)14(18)22-15(2,3)4/h6-13H2,1-5H3. The molecule has 23 heavy (non-hydrogen) atoms. The number of piperidine rings is 1. The lowest BCUT2D eigenvalue weighted by Crippen LogP contribution is -2.48. The van der Waals surface area contributed by atoms with Crippen molar-refractivity contribution in [3.8, 4) is 0 Å². The van der Waals surface area contributed by atoms with Crippen LogP contribution in [0.2, 0.25) is 0 Å². The molecule has 0 aromatic carbocycles. The van der Waals surface area contributed by atoms with E-state index in [4.69, 9.17) is 9.47 Å². The van der Waals surface area contributed by atoms with Crippen molar-refractivity contribution in [2.24, 2.45) is 0 Å². The van der Waals surface area contributed by atoms with Gasteiger partial charge in [0.05, 0.1) is 18.0 Å². The zero-order valence-corrected chi connectivity index (χ0v) is 15.9. The molecule has 0 radical (unpaired) electrons. The molecule has 136 valence electrons. The van der Waals surface area contributed by atoms with Crippen molar-refractivity contribution in [3.05, 3.63) is 0 Å². The van der Waals surface area contributed by atoms with Crippen molar-refractivity contribution in [2.45, 2.75) is 65.1 Å².